The average molecular weight is 397 g/mol. The molecule has 0 saturated carbocycles. The highest BCUT2D eigenvalue weighted by Crippen LogP contribution is 2.29. The van der Waals surface area contributed by atoms with Gasteiger partial charge in [-0.15, -0.1) is 5.10 Å². The predicted octanol–water partition coefficient (Wildman–Crippen LogP) is 3.43. The molecule has 3 heterocycles. The van der Waals surface area contributed by atoms with Gasteiger partial charge in [-0.3, -0.25) is 0 Å². The summed E-state index contributed by atoms with van der Waals surface area (Å²) in [7, 11) is 0. The summed E-state index contributed by atoms with van der Waals surface area (Å²) >= 11 is 6.26. The number of benzene rings is 1. The summed E-state index contributed by atoms with van der Waals surface area (Å²) < 4.78 is 40.1. The molecule has 0 aliphatic carbocycles. The summed E-state index contributed by atoms with van der Waals surface area (Å²) in [5.74, 6) is -0.679. The maximum atomic E-state index is 13.0. The number of rotatable bonds is 2. The van der Waals surface area contributed by atoms with Gasteiger partial charge in [-0.1, -0.05) is 23.7 Å². The zero-order valence-electron chi connectivity index (χ0n) is 14.4. The van der Waals surface area contributed by atoms with E-state index in [1.54, 1.807) is 13.0 Å². The van der Waals surface area contributed by atoms with E-state index in [0.29, 0.717) is 42.7 Å². The number of hydrogen-bond acceptors (Lipinski definition) is 5. The Labute approximate surface area is 158 Å². The number of piperazine rings is 1. The smallest absolute Gasteiger partial charge is 0.367 e. The van der Waals surface area contributed by atoms with E-state index in [2.05, 4.69) is 20.0 Å². The van der Waals surface area contributed by atoms with Crippen LogP contribution in [0.15, 0.2) is 30.3 Å². The summed E-state index contributed by atoms with van der Waals surface area (Å²) in [5, 5.41) is 4.31. The second kappa shape index (κ2) is 6.56. The van der Waals surface area contributed by atoms with Crippen LogP contribution in [0, 0.1) is 6.92 Å². The van der Waals surface area contributed by atoms with Gasteiger partial charge in [0.05, 0.1) is 10.7 Å². The summed E-state index contributed by atoms with van der Waals surface area (Å²) in [6, 6.07) is 9.33. The van der Waals surface area contributed by atoms with Gasteiger partial charge >= 0.3 is 6.18 Å². The number of hydrogen-bond donors (Lipinski definition) is 0. The van der Waals surface area contributed by atoms with E-state index in [0.717, 1.165) is 5.69 Å². The van der Waals surface area contributed by atoms with Crippen molar-refractivity contribution in [3.63, 3.8) is 0 Å². The summed E-state index contributed by atoms with van der Waals surface area (Å²) in [6.45, 7) is 4.34. The third kappa shape index (κ3) is 3.39. The van der Waals surface area contributed by atoms with Crippen LogP contribution in [0.5, 0.6) is 0 Å². The monoisotopic (exact) mass is 396 g/mol. The molecule has 4 rings (SSSR count). The highest BCUT2D eigenvalue weighted by Gasteiger charge is 2.37. The summed E-state index contributed by atoms with van der Waals surface area (Å²) in [5.41, 5.74) is 1.54. The number of alkyl halides is 3. The molecule has 3 aromatic rings. The molecule has 0 atom stereocenters. The van der Waals surface area contributed by atoms with Gasteiger partial charge in [-0.05, 0) is 19.1 Å². The Morgan fingerprint density at radius 1 is 1.00 bits per heavy atom. The zero-order valence-corrected chi connectivity index (χ0v) is 15.2. The minimum Gasteiger partial charge on any atom is -0.367 e. The number of fused-ring (bicyclic) bond motifs is 1. The van der Waals surface area contributed by atoms with E-state index in [9.17, 15) is 13.2 Å². The van der Waals surface area contributed by atoms with Crippen LogP contribution in [0.4, 0.5) is 24.7 Å². The molecule has 0 bridgehead atoms. The molecule has 0 spiro atoms. The maximum absolute atomic E-state index is 13.0. The normalized spacial score (nSPS) is 15.6. The molecule has 0 unspecified atom stereocenters. The van der Waals surface area contributed by atoms with Gasteiger partial charge in [0.15, 0.2) is 0 Å². The van der Waals surface area contributed by atoms with E-state index in [4.69, 9.17) is 11.6 Å². The van der Waals surface area contributed by atoms with Crippen LogP contribution >= 0.6 is 11.6 Å². The van der Waals surface area contributed by atoms with Crippen LogP contribution in [-0.4, -0.2) is 45.8 Å². The maximum Gasteiger partial charge on any atom is 0.453 e. The fourth-order valence-corrected chi connectivity index (χ4v) is 3.45. The van der Waals surface area contributed by atoms with Gasteiger partial charge in [-0.25, -0.2) is 4.98 Å². The van der Waals surface area contributed by atoms with E-state index in [1.165, 1.54) is 4.52 Å². The largest absolute Gasteiger partial charge is 0.453 e. The Balaban J connectivity index is 1.62. The van der Waals surface area contributed by atoms with E-state index in [-0.39, 0.29) is 5.78 Å². The minimum absolute atomic E-state index is 0.0501. The second-order valence-electron chi connectivity index (χ2n) is 6.33. The molecule has 27 heavy (non-hydrogen) atoms. The Morgan fingerprint density at radius 3 is 2.33 bits per heavy atom. The first kappa shape index (κ1) is 17.8. The molecule has 2 aromatic heterocycles. The van der Waals surface area contributed by atoms with Gasteiger partial charge in [0.25, 0.3) is 11.6 Å². The molecule has 142 valence electrons. The lowest BCUT2D eigenvalue weighted by atomic mass is 10.2. The number of aryl methyl sites for hydroxylation is 1. The molecule has 1 saturated heterocycles. The Morgan fingerprint density at radius 2 is 1.67 bits per heavy atom. The lowest BCUT2D eigenvalue weighted by Gasteiger charge is -2.37. The van der Waals surface area contributed by atoms with Crippen molar-refractivity contribution in [3.05, 3.63) is 46.9 Å². The van der Waals surface area contributed by atoms with Crippen LogP contribution < -0.4 is 9.80 Å². The highest BCUT2D eigenvalue weighted by molar-refractivity contribution is 6.33. The van der Waals surface area contributed by atoms with E-state index < -0.39 is 12.0 Å². The fraction of sp³-hybridized carbons (Fsp3) is 0.353. The molecule has 0 amide bonds. The van der Waals surface area contributed by atoms with Crippen molar-refractivity contribution in [2.75, 3.05) is 36.0 Å². The van der Waals surface area contributed by atoms with E-state index in [1.807, 2.05) is 29.2 Å². The topological polar surface area (TPSA) is 49.6 Å². The molecule has 1 fully saturated rings. The minimum atomic E-state index is -4.61. The third-order valence-corrected chi connectivity index (χ3v) is 4.79. The zero-order chi connectivity index (χ0) is 19.2. The Hall–Kier alpha value is -2.55. The first-order chi connectivity index (χ1) is 12.8. The third-order valence-electron chi connectivity index (χ3n) is 4.47. The van der Waals surface area contributed by atoms with Crippen LogP contribution in [-0.2, 0) is 6.18 Å². The second-order valence-corrected chi connectivity index (χ2v) is 6.73. The van der Waals surface area contributed by atoms with Gasteiger partial charge < -0.3 is 9.80 Å². The summed E-state index contributed by atoms with van der Waals surface area (Å²) in [4.78, 5) is 11.8. The first-order valence-corrected chi connectivity index (χ1v) is 8.77. The van der Waals surface area contributed by atoms with Crippen LogP contribution in [0.25, 0.3) is 5.78 Å². The molecule has 1 aliphatic rings. The fourth-order valence-electron chi connectivity index (χ4n) is 3.20. The van der Waals surface area contributed by atoms with Crippen LogP contribution in [0.2, 0.25) is 5.02 Å². The van der Waals surface area contributed by atoms with Gasteiger partial charge in [0, 0.05) is 37.9 Å². The van der Waals surface area contributed by atoms with Crippen molar-refractivity contribution in [2.24, 2.45) is 0 Å². The number of halogens is 4. The van der Waals surface area contributed by atoms with Crippen molar-refractivity contribution in [1.82, 2.24) is 19.6 Å². The van der Waals surface area contributed by atoms with Gasteiger partial charge in [0.1, 0.15) is 5.82 Å². The number of aromatic nitrogens is 4. The first-order valence-electron chi connectivity index (χ1n) is 8.39. The van der Waals surface area contributed by atoms with Gasteiger partial charge in [-0.2, -0.15) is 22.7 Å². The Kier molecular flexibility index (Phi) is 4.33. The molecule has 6 nitrogen and oxygen atoms in total. The molecule has 10 heteroatoms. The van der Waals surface area contributed by atoms with Gasteiger partial charge in [0.2, 0.25) is 0 Å². The molecular weight excluding hydrogens is 381 g/mol. The predicted molar refractivity (Wildman–Crippen MR) is 96.4 cm³/mol. The molecule has 0 N–H and O–H groups in total. The molecule has 0 radical (unpaired) electrons. The van der Waals surface area contributed by atoms with Crippen molar-refractivity contribution in [2.45, 2.75) is 13.1 Å². The standard InChI is InChI=1S/C17H16ClF3N6/c1-11-10-14(27-16(22-11)23-15(24-27)17(19,20)21)26-8-6-25(7-9-26)13-5-3-2-4-12(13)18/h2-5,10H,6-9H2,1H3. The van der Waals surface area contributed by atoms with Crippen molar-refractivity contribution in [3.8, 4) is 0 Å². The molecule has 1 aromatic carbocycles. The molecule has 1 aliphatic heterocycles. The molecular formula is C17H16ClF3N6. The highest BCUT2D eigenvalue weighted by atomic mass is 35.5. The van der Waals surface area contributed by atoms with Crippen molar-refractivity contribution >= 4 is 28.9 Å². The quantitative estimate of drug-likeness (QED) is 0.664. The van der Waals surface area contributed by atoms with E-state index >= 15 is 0 Å². The van der Waals surface area contributed by atoms with Crippen LogP contribution in [0.3, 0.4) is 0 Å². The van der Waals surface area contributed by atoms with Crippen LogP contribution in [0.1, 0.15) is 11.5 Å². The summed E-state index contributed by atoms with van der Waals surface area (Å²) in [6.07, 6.45) is -4.61. The van der Waals surface area contributed by atoms with Crippen molar-refractivity contribution in [1.29, 1.82) is 0 Å². The van der Waals surface area contributed by atoms with Crippen molar-refractivity contribution < 1.29 is 13.2 Å². The number of anilines is 2. The Bertz CT molecular complexity index is 978. The lowest BCUT2D eigenvalue weighted by molar-refractivity contribution is -0.144. The number of nitrogens with zero attached hydrogens (tertiary/aromatic N) is 6. The average Bonchev–Trinajstić information content (AvgIpc) is 3.06. The lowest BCUT2D eigenvalue weighted by Crippen LogP contribution is -2.47. The SMILES string of the molecule is Cc1cc(N2CCN(c3ccccc3Cl)CC2)n2nc(C(F)(F)F)nc2n1. The number of para-hydroxylation sites is 1.